The number of hydrogen-bond donors (Lipinski definition) is 2. The molecule has 0 aliphatic rings. The Kier molecular flexibility index (Phi) is 4.52. The van der Waals surface area contributed by atoms with E-state index < -0.39 is 6.04 Å². The van der Waals surface area contributed by atoms with E-state index in [2.05, 4.69) is 21.2 Å². The Balaban J connectivity index is 1.90. The molecule has 18 heavy (non-hydrogen) atoms. The van der Waals surface area contributed by atoms with E-state index in [9.17, 15) is 4.79 Å². The number of amides is 1. The zero-order valence-corrected chi connectivity index (χ0v) is 12.0. The van der Waals surface area contributed by atoms with E-state index in [0.29, 0.717) is 6.54 Å². The van der Waals surface area contributed by atoms with Crippen LogP contribution in [0.3, 0.4) is 0 Å². The molecule has 3 nitrogen and oxygen atoms in total. The molecule has 0 aliphatic heterocycles. The molecule has 1 unspecified atom stereocenters. The smallest absolute Gasteiger partial charge is 0.242 e. The van der Waals surface area contributed by atoms with Gasteiger partial charge >= 0.3 is 0 Å². The van der Waals surface area contributed by atoms with E-state index in [0.717, 1.165) is 14.9 Å². The predicted molar refractivity (Wildman–Crippen MR) is 77.2 cm³/mol. The van der Waals surface area contributed by atoms with Crippen LogP contribution < -0.4 is 11.1 Å². The van der Waals surface area contributed by atoms with Crippen molar-refractivity contribution in [3.05, 3.63) is 56.7 Å². The second kappa shape index (κ2) is 6.13. The van der Waals surface area contributed by atoms with Gasteiger partial charge in [-0.05, 0) is 29.1 Å². The summed E-state index contributed by atoms with van der Waals surface area (Å²) in [7, 11) is 0. The zero-order chi connectivity index (χ0) is 13.0. The number of halogens is 1. The fourth-order valence-corrected chi connectivity index (χ4v) is 2.49. The maximum Gasteiger partial charge on any atom is 0.242 e. The van der Waals surface area contributed by atoms with Crippen LogP contribution in [0.25, 0.3) is 0 Å². The van der Waals surface area contributed by atoms with Crippen molar-refractivity contribution < 1.29 is 4.79 Å². The monoisotopic (exact) mass is 324 g/mol. The van der Waals surface area contributed by atoms with Gasteiger partial charge in [0.15, 0.2) is 0 Å². The third-order valence-electron chi connectivity index (χ3n) is 2.51. The number of nitrogens with two attached hydrogens (primary N) is 1. The number of nitrogens with one attached hydrogen (secondary N) is 1. The SMILES string of the molecule is NC(C(=O)NCc1ccc(Br)cc1)c1cccs1. The molecule has 1 amide bonds. The van der Waals surface area contributed by atoms with Crippen LogP contribution in [0.2, 0.25) is 0 Å². The van der Waals surface area contributed by atoms with Gasteiger partial charge in [-0.15, -0.1) is 11.3 Å². The Morgan fingerprint density at radius 2 is 2.06 bits per heavy atom. The quantitative estimate of drug-likeness (QED) is 0.908. The van der Waals surface area contributed by atoms with Crippen LogP contribution in [0.4, 0.5) is 0 Å². The van der Waals surface area contributed by atoms with E-state index in [4.69, 9.17) is 5.73 Å². The summed E-state index contributed by atoms with van der Waals surface area (Å²) < 4.78 is 1.02. The van der Waals surface area contributed by atoms with E-state index in [-0.39, 0.29) is 5.91 Å². The Morgan fingerprint density at radius 1 is 1.33 bits per heavy atom. The van der Waals surface area contributed by atoms with Gasteiger partial charge in [0.25, 0.3) is 0 Å². The lowest BCUT2D eigenvalue weighted by atomic mass is 10.2. The van der Waals surface area contributed by atoms with Crippen molar-refractivity contribution in [1.29, 1.82) is 0 Å². The highest BCUT2D eigenvalue weighted by atomic mass is 79.9. The third kappa shape index (κ3) is 3.41. The molecule has 0 saturated carbocycles. The number of carbonyl (C=O) groups is 1. The molecule has 0 saturated heterocycles. The summed E-state index contributed by atoms with van der Waals surface area (Å²) in [5.74, 6) is -0.152. The molecule has 2 aromatic rings. The Morgan fingerprint density at radius 3 is 2.67 bits per heavy atom. The van der Waals surface area contributed by atoms with Crippen LogP contribution in [0, 0.1) is 0 Å². The van der Waals surface area contributed by atoms with Gasteiger partial charge in [-0.3, -0.25) is 4.79 Å². The van der Waals surface area contributed by atoms with Gasteiger partial charge in [-0.25, -0.2) is 0 Å². The first-order chi connectivity index (χ1) is 8.66. The van der Waals surface area contributed by atoms with Gasteiger partial charge in [0.1, 0.15) is 6.04 Å². The molecule has 1 atom stereocenters. The Bertz CT molecular complexity index is 510. The summed E-state index contributed by atoms with van der Waals surface area (Å²) in [4.78, 5) is 12.7. The van der Waals surface area contributed by atoms with Crippen molar-refractivity contribution in [3.63, 3.8) is 0 Å². The second-order valence-electron chi connectivity index (χ2n) is 3.84. The van der Waals surface area contributed by atoms with E-state index >= 15 is 0 Å². The Labute approximate surface area is 118 Å². The van der Waals surface area contributed by atoms with E-state index in [1.807, 2.05) is 41.8 Å². The zero-order valence-electron chi connectivity index (χ0n) is 9.60. The van der Waals surface area contributed by atoms with Gasteiger partial charge in [0, 0.05) is 15.9 Å². The van der Waals surface area contributed by atoms with Crippen molar-refractivity contribution in [1.82, 2.24) is 5.32 Å². The van der Waals surface area contributed by atoms with E-state index in [1.54, 1.807) is 0 Å². The molecule has 0 fully saturated rings. The average molecular weight is 325 g/mol. The minimum atomic E-state index is -0.583. The largest absolute Gasteiger partial charge is 0.350 e. The summed E-state index contributed by atoms with van der Waals surface area (Å²) in [5, 5.41) is 4.75. The summed E-state index contributed by atoms with van der Waals surface area (Å²) in [6.07, 6.45) is 0. The molecule has 1 aromatic carbocycles. The number of benzene rings is 1. The Hall–Kier alpha value is -1.17. The lowest BCUT2D eigenvalue weighted by Gasteiger charge is -2.10. The average Bonchev–Trinajstić information content (AvgIpc) is 2.90. The minimum Gasteiger partial charge on any atom is -0.350 e. The molecular formula is C13H13BrN2OS. The summed E-state index contributed by atoms with van der Waals surface area (Å²) in [6, 6.07) is 11.0. The van der Waals surface area contributed by atoms with Crippen LogP contribution in [0.15, 0.2) is 46.3 Å². The molecule has 0 spiro atoms. The fraction of sp³-hybridized carbons (Fsp3) is 0.154. The fourth-order valence-electron chi connectivity index (χ4n) is 1.50. The van der Waals surface area contributed by atoms with Crippen LogP contribution in [-0.4, -0.2) is 5.91 Å². The van der Waals surface area contributed by atoms with Crippen molar-refractivity contribution in [2.24, 2.45) is 5.73 Å². The number of carbonyl (C=O) groups excluding carboxylic acids is 1. The van der Waals surface area contributed by atoms with Crippen molar-refractivity contribution in [2.45, 2.75) is 12.6 Å². The molecule has 0 aliphatic carbocycles. The standard InChI is InChI=1S/C13H13BrN2OS/c14-10-5-3-9(4-6-10)8-16-13(17)12(15)11-2-1-7-18-11/h1-7,12H,8,15H2,(H,16,17). The van der Waals surface area contributed by atoms with Gasteiger partial charge in [0.05, 0.1) is 0 Å². The topological polar surface area (TPSA) is 55.1 Å². The number of rotatable bonds is 4. The third-order valence-corrected chi connectivity index (χ3v) is 4.00. The maximum absolute atomic E-state index is 11.8. The van der Waals surface area contributed by atoms with Crippen LogP contribution in [0.5, 0.6) is 0 Å². The highest BCUT2D eigenvalue weighted by Crippen LogP contribution is 2.17. The van der Waals surface area contributed by atoms with Gasteiger partial charge in [-0.1, -0.05) is 34.1 Å². The normalized spacial score (nSPS) is 12.1. The highest BCUT2D eigenvalue weighted by molar-refractivity contribution is 9.10. The van der Waals surface area contributed by atoms with E-state index in [1.165, 1.54) is 11.3 Å². The first-order valence-corrected chi connectivity index (χ1v) is 7.15. The molecule has 0 bridgehead atoms. The molecule has 1 heterocycles. The van der Waals surface area contributed by atoms with Gasteiger partial charge in [0.2, 0.25) is 5.91 Å². The first-order valence-electron chi connectivity index (χ1n) is 5.48. The summed E-state index contributed by atoms with van der Waals surface area (Å²) >= 11 is 4.86. The predicted octanol–water partition coefficient (Wildman–Crippen LogP) is 2.83. The molecule has 5 heteroatoms. The molecule has 1 aromatic heterocycles. The lowest BCUT2D eigenvalue weighted by molar-refractivity contribution is -0.122. The first kappa shape index (κ1) is 13.3. The van der Waals surface area contributed by atoms with Crippen LogP contribution in [-0.2, 0) is 11.3 Å². The summed E-state index contributed by atoms with van der Waals surface area (Å²) in [6.45, 7) is 0.491. The number of thiophene rings is 1. The van der Waals surface area contributed by atoms with Crippen molar-refractivity contribution in [2.75, 3.05) is 0 Å². The maximum atomic E-state index is 11.8. The molecule has 2 rings (SSSR count). The highest BCUT2D eigenvalue weighted by Gasteiger charge is 2.15. The molecular weight excluding hydrogens is 312 g/mol. The molecule has 0 radical (unpaired) electrons. The van der Waals surface area contributed by atoms with Crippen LogP contribution in [0.1, 0.15) is 16.5 Å². The second-order valence-corrected chi connectivity index (χ2v) is 5.73. The van der Waals surface area contributed by atoms with Gasteiger partial charge in [-0.2, -0.15) is 0 Å². The lowest BCUT2D eigenvalue weighted by Crippen LogP contribution is -2.33. The van der Waals surface area contributed by atoms with Crippen molar-refractivity contribution >= 4 is 33.2 Å². The number of hydrogen-bond acceptors (Lipinski definition) is 3. The molecule has 3 N–H and O–H groups in total. The summed E-state index contributed by atoms with van der Waals surface area (Å²) in [5.41, 5.74) is 6.91. The van der Waals surface area contributed by atoms with Crippen LogP contribution >= 0.6 is 27.3 Å². The van der Waals surface area contributed by atoms with Gasteiger partial charge < -0.3 is 11.1 Å². The minimum absolute atomic E-state index is 0.152. The van der Waals surface area contributed by atoms with Crippen molar-refractivity contribution in [3.8, 4) is 0 Å². The molecule has 94 valence electrons.